The quantitative estimate of drug-likeness (QED) is 0.361. The minimum absolute atomic E-state index is 0.0103. The van der Waals surface area contributed by atoms with Gasteiger partial charge in [0.05, 0.1) is 18.6 Å². The van der Waals surface area contributed by atoms with Crippen molar-refractivity contribution in [2.24, 2.45) is 0 Å². The molecular formula is C16H22F2O5S. The van der Waals surface area contributed by atoms with Crippen LogP contribution in [0.1, 0.15) is 37.7 Å². The number of ether oxygens (including phenoxy) is 1. The molecule has 0 spiro atoms. The first-order valence-corrected chi connectivity index (χ1v) is 9.02. The molecule has 0 unspecified atom stereocenters. The molecule has 0 aliphatic rings. The van der Waals surface area contributed by atoms with Gasteiger partial charge >= 0.3 is 11.9 Å². The lowest BCUT2D eigenvalue weighted by atomic mass is 10.1. The van der Waals surface area contributed by atoms with Gasteiger partial charge < -0.3 is 4.74 Å². The molecule has 0 saturated carbocycles. The van der Waals surface area contributed by atoms with Crippen LogP contribution in [0.5, 0.6) is 0 Å². The van der Waals surface area contributed by atoms with Crippen molar-refractivity contribution < 1.29 is 30.9 Å². The number of hydrogen-bond acceptors (Lipinski definition) is 5. The van der Waals surface area contributed by atoms with Gasteiger partial charge in [0.2, 0.25) is 0 Å². The third-order valence-electron chi connectivity index (χ3n) is 3.42. The smallest absolute Gasteiger partial charge is 0.376 e. The Morgan fingerprint density at radius 2 is 1.67 bits per heavy atom. The van der Waals surface area contributed by atoms with Crippen molar-refractivity contribution in [3.63, 3.8) is 0 Å². The molecule has 0 amide bonds. The van der Waals surface area contributed by atoms with E-state index in [0.717, 1.165) is 12.7 Å². The van der Waals surface area contributed by atoms with E-state index in [1.807, 2.05) is 6.92 Å². The summed E-state index contributed by atoms with van der Waals surface area (Å²) in [6, 6.07) is 6.30. The molecule has 0 radical (unpaired) electrons. The summed E-state index contributed by atoms with van der Waals surface area (Å²) in [5.41, 5.74) is 0.942. The van der Waals surface area contributed by atoms with Crippen LogP contribution in [0, 0.1) is 6.92 Å². The summed E-state index contributed by atoms with van der Waals surface area (Å²) in [7, 11) is -2.87. The Morgan fingerprint density at radius 3 is 2.25 bits per heavy atom. The second-order valence-corrected chi connectivity index (χ2v) is 7.06. The standard InChI is InChI=1S/C16H22F2O5S/c1-13-7-9-14(10-8-13)24(20,21)23-12-6-4-3-5-11-16(17,18)15(19)22-2/h7-10H,3-6,11-12H2,1-2H3. The van der Waals surface area contributed by atoms with Gasteiger partial charge in [-0.1, -0.05) is 30.5 Å². The number of carbonyl (C=O) groups is 1. The Bertz CT molecular complexity index is 626. The van der Waals surface area contributed by atoms with E-state index in [4.69, 9.17) is 4.18 Å². The number of benzene rings is 1. The van der Waals surface area contributed by atoms with Crippen molar-refractivity contribution in [3.05, 3.63) is 29.8 Å². The lowest BCUT2D eigenvalue weighted by Crippen LogP contribution is -2.29. The SMILES string of the molecule is COC(=O)C(F)(F)CCCCCCOS(=O)(=O)c1ccc(C)cc1. The Morgan fingerprint density at radius 1 is 1.08 bits per heavy atom. The first-order chi connectivity index (χ1) is 11.2. The number of aryl methyl sites for hydroxylation is 1. The number of methoxy groups -OCH3 is 1. The first-order valence-electron chi connectivity index (χ1n) is 7.61. The largest absolute Gasteiger partial charge is 0.465 e. The molecule has 136 valence electrons. The molecule has 0 bridgehead atoms. The van der Waals surface area contributed by atoms with E-state index in [-0.39, 0.29) is 17.9 Å². The maximum absolute atomic E-state index is 13.2. The minimum atomic E-state index is -3.79. The fourth-order valence-electron chi connectivity index (χ4n) is 2.00. The lowest BCUT2D eigenvalue weighted by molar-refractivity contribution is -0.169. The molecule has 0 fully saturated rings. The Kier molecular flexibility index (Phi) is 7.75. The molecule has 5 nitrogen and oxygen atoms in total. The maximum atomic E-state index is 13.2. The van der Waals surface area contributed by atoms with Crippen LogP contribution < -0.4 is 0 Å². The van der Waals surface area contributed by atoms with Crippen LogP contribution in [0.15, 0.2) is 29.2 Å². The fourth-order valence-corrected chi connectivity index (χ4v) is 2.94. The molecule has 0 aliphatic heterocycles. The van der Waals surface area contributed by atoms with Gasteiger partial charge in [-0.25, -0.2) is 4.79 Å². The topological polar surface area (TPSA) is 69.7 Å². The molecule has 8 heteroatoms. The summed E-state index contributed by atoms with van der Waals surface area (Å²) in [5, 5.41) is 0. The molecule has 1 aromatic rings. The number of alkyl halides is 2. The molecular weight excluding hydrogens is 342 g/mol. The normalized spacial score (nSPS) is 12.2. The van der Waals surface area contributed by atoms with Crippen molar-refractivity contribution >= 4 is 16.1 Å². The molecule has 0 saturated heterocycles. The van der Waals surface area contributed by atoms with E-state index in [1.165, 1.54) is 12.1 Å². The Labute approximate surface area is 141 Å². The van der Waals surface area contributed by atoms with Gasteiger partial charge in [0.25, 0.3) is 10.1 Å². The average molecular weight is 364 g/mol. The molecule has 0 aromatic heterocycles. The number of rotatable bonds is 10. The summed E-state index contributed by atoms with van der Waals surface area (Å²) >= 11 is 0. The van der Waals surface area contributed by atoms with Crippen molar-refractivity contribution in [2.75, 3.05) is 13.7 Å². The zero-order chi connectivity index (χ0) is 18.2. The van der Waals surface area contributed by atoms with Gasteiger partial charge in [0.1, 0.15) is 0 Å². The van der Waals surface area contributed by atoms with Crippen molar-refractivity contribution in [3.8, 4) is 0 Å². The second-order valence-electron chi connectivity index (χ2n) is 5.45. The monoisotopic (exact) mass is 364 g/mol. The summed E-state index contributed by atoms with van der Waals surface area (Å²) < 4.78 is 59.1. The van der Waals surface area contributed by atoms with Crippen molar-refractivity contribution in [1.82, 2.24) is 0 Å². The first kappa shape index (κ1) is 20.5. The van der Waals surface area contributed by atoms with Gasteiger partial charge in [-0.2, -0.15) is 17.2 Å². The number of esters is 1. The van der Waals surface area contributed by atoms with Crippen LogP contribution in [-0.2, 0) is 23.8 Å². The average Bonchev–Trinajstić information content (AvgIpc) is 2.53. The fraction of sp³-hybridized carbons (Fsp3) is 0.562. The molecule has 1 rings (SSSR count). The van der Waals surface area contributed by atoms with Gasteiger partial charge in [-0.3, -0.25) is 4.18 Å². The van der Waals surface area contributed by atoms with Crippen LogP contribution in [0.3, 0.4) is 0 Å². The predicted octanol–water partition coefficient (Wildman–Crippen LogP) is 3.46. The molecule has 0 aliphatic carbocycles. The number of unbranched alkanes of at least 4 members (excludes halogenated alkanes) is 3. The Balaban J connectivity index is 2.24. The summed E-state index contributed by atoms with van der Waals surface area (Å²) in [4.78, 5) is 10.9. The van der Waals surface area contributed by atoms with Crippen LogP contribution in [0.2, 0.25) is 0 Å². The van der Waals surface area contributed by atoms with Crippen LogP contribution in [0.4, 0.5) is 8.78 Å². The maximum Gasteiger partial charge on any atom is 0.376 e. The Hall–Kier alpha value is -1.54. The van der Waals surface area contributed by atoms with Crippen molar-refractivity contribution in [2.45, 2.75) is 49.8 Å². The third-order valence-corrected chi connectivity index (χ3v) is 4.74. The highest BCUT2D eigenvalue weighted by Gasteiger charge is 2.39. The lowest BCUT2D eigenvalue weighted by Gasteiger charge is -2.12. The van der Waals surface area contributed by atoms with E-state index in [2.05, 4.69) is 4.74 Å². The highest BCUT2D eigenvalue weighted by molar-refractivity contribution is 7.86. The van der Waals surface area contributed by atoms with Crippen LogP contribution in [0.25, 0.3) is 0 Å². The highest BCUT2D eigenvalue weighted by Crippen LogP contribution is 2.23. The number of halogens is 2. The number of hydrogen-bond donors (Lipinski definition) is 0. The van der Waals surface area contributed by atoms with Crippen LogP contribution >= 0.6 is 0 Å². The third kappa shape index (κ3) is 6.52. The van der Waals surface area contributed by atoms with Gasteiger partial charge in [-0.15, -0.1) is 0 Å². The number of carbonyl (C=O) groups excluding carboxylic acids is 1. The summed E-state index contributed by atoms with van der Waals surface area (Å²) in [5.74, 6) is -5.00. The van der Waals surface area contributed by atoms with E-state index < -0.39 is 28.4 Å². The minimum Gasteiger partial charge on any atom is -0.465 e. The summed E-state index contributed by atoms with van der Waals surface area (Å²) in [6.07, 6.45) is 0.963. The molecule has 0 N–H and O–H groups in total. The van der Waals surface area contributed by atoms with Gasteiger partial charge in [0, 0.05) is 6.42 Å². The molecule has 0 heterocycles. The molecule has 1 aromatic carbocycles. The van der Waals surface area contributed by atoms with Gasteiger partial charge in [-0.05, 0) is 31.9 Å². The second kappa shape index (κ2) is 9.08. The van der Waals surface area contributed by atoms with Gasteiger partial charge in [0.15, 0.2) is 0 Å². The summed E-state index contributed by atoms with van der Waals surface area (Å²) in [6.45, 7) is 1.84. The van der Waals surface area contributed by atoms with E-state index >= 15 is 0 Å². The zero-order valence-corrected chi connectivity index (χ0v) is 14.6. The molecule has 24 heavy (non-hydrogen) atoms. The predicted molar refractivity (Wildman–Crippen MR) is 84.4 cm³/mol. The van der Waals surface area contributed by atoms with Crippen molar-refractivity contribution in [1.29, 1.82) is 0 Å². The van der Waals surface area contributed by atoms with Crippen LogP contribution in [-0.4, -0.2) is 34.0 Å². The zero-order valence-electron chi connectivity index (χ0n) is 13.8. The van der Waals surface area contributed by atoms with E-state index in [1.54, 1.807) is 12.1 Å². The molecule has 0 atom stereocenters. The van der Waals surface area contributed by atoms with E-state index in [9.17, 15) is 22.0 Å². The van der Waals surface area contributed by atoms with E-state index in [0.29, 0.717) is 19.3 Å². The highest BCUT2D eigenvalue weighted by atomic mass is 32.2.